The zero-order valence-corrected chi connectivity index (χ0v) is 15.6. The second-order valence-corrected chi connectivity index (χ2v) is 7.47. The molecule has 0 saturated carbocycles. The monoisotopic (exact) mass is 368 g/mol. The lowest BCUT2D eigenvalue weighted by Gasteiger charge is -2.42. The second kappa shape index (κ2) is 6.53. The molecule has 27 heavy (non-hydrogen) atoms. The van der Waals surface area contributed by atoms with E-state index in [1.165, 1.54) is 13.4 Å². The number of piperidine rings is 1. The topological polar surface area (TPSA) is 78.9 Å². The third-order valence-electron chi connectivity index (χ3n) is 6.39. The number of allylic oxidation sites excluding steroid dienone is 1. The number of para-hydroxylation sites is 1. The third kappa shape index (κ3) is 2.51. The smallest absolute Gasteiger partial charge is 0.335 e. The molecule has 6 heteroatoms. The van der Waals surface area contributed by atoms with Gasteiger partial charge in [0.05, 0.1) is 24.4 Å². The Hall–Kier alpha value is -2.60. The molecule has 3 atom stereocenters. The first-order valence-corrected chi connectivity index (χ1v) is 9.29. The van der Waals surface area contributed by atoms with Crippen molar-refractivity contribution in [3.05, 3.63) is 53.3 Å². The standard InChI is InChI=1S/C21H24N2O4/c1-3-13-11-23-9-8-21(16-6-4-5-7-17(16)22-20(21)26)18(23)10-14(13)15(12-27-2)19(24)25/h3-7,12,14,18H,8-11H2,1-2H3,(H,22,26)(H,24,25)/b13-3+,15-12+/t14-,18-,21?/m0/s1. The molecular formula is C21H24N2O4. The minimum Gasteiger partial charge on any atom is -0.504 e. The summed E-state index contributed by atoms with van der Waals surface area (Å²) in [5.41, 5.74) is 2.63. The highest BCUT2D eigenvalue weighted by atomic mass is 16.5. The van der Waals surface area contributed by atoms with Crippen LogP contribution in [0.2, 0.25) is 0 Å². The summed E-state index contributed by atoms with van der Waals surface area (Å²) in [4.78, 5) is 27.3. The van der Waals surface area contributed by atoms with E-state index in [0.717, 1.165) is 29.8 Å². The first-order valence-electron chi connectivity index (χ1n) is 9.29. The summed E-state index contributed by atoms with van der Waals surface area (Å²) in [6.07, 6.45) is 4.67. The molecule has 0 aromatic heterocycles. The van der Waals surface area contributed by atoms with Gasteiger partial charge < -0.3 is 15.2 Å². The zero-order valence-electron chi connectivity index (χ0n) is 15.6. The molecule has 1 aromatic rings. The van der Waals surface area contributed by atoms with Gasteiger partial charge in [0, 0.05) is 30.7 Å². The number of carbonyl (C=O) groups excluding carboxylic acids is 1. The van der Waals surface area contributed by atoms with Crippen LogP contribution >= 0.6 is 0 Å². The van der Waals surface area contributed by atoms with E-state index in [1.807, 2.05) is 37.3 Å². The van der Waals surface area contributed by atoms with E-state index in [1.54, 1.807) is 0 Å². The van der Waals surface area contributed by atoms with E-state index in [0.29, 0.717) is 13.0 Å². The summed E-state index contributed by atoms with van der Waals surface area (Å²) < 4.78 is 5.05. The average Bonchev–Trinajstić information content (AvgIpc) is 3.18. The number of benzene rings is 1. The van der Waals surface area contributed by atoms with Gasteiger partial charge in [-0.2, -0.15) is 0 Å². The van der Waals surface area contributed by atoms with Crippen LogP contribution in [0.4, 0.5) is 5.69 Å². The highest BCUT2D eigenvalue weighted by Crippen LogP contribution is 2.52. The van der Waals surface area contributed by atoms with Crippen LogP contribution in [0, 0.1) is 5.92 Å². The Kier molecular flexibility index (Phi) is 4.30. The van der Waals surface area contributed by atoms with Crippen molar-refractivity contribution in [1.82, 2.24) is 4.90 Å². The normalized spacial score (nSPS) is 31.7. The number of ether oxygens (including phenoxy) is 1. The molecular weight excluding hydrogens is 344 g/mol. The number of carbonyl (C=O) groups is 2. The summed E-state index contributed by atoms with van der Waals surface area (Å²) in [5.74, 6) is -1.20. The molecule has 0 bridgehead atoms. The van der Waals surface area contributed by atoms with Gasteiger partial charge in [-0.25, -0.2) is 4.79 Å². The summed E-state index contributed by atoms with van der Waals surface area (Å²) in [6.45, 7) is 3.45. The number of aliphatic carboxylic acids is 1. The maximum Gasteiger partial charge on any atom is 0.335 e. The van der Waals surface area contributed by atoms with Crippen molar-refractivity contribution in [2.75, 3.05) is 25.5 Å². The first kappa shape index (κ1) is 17.8. The number of rotatable bonds is 3. The van der Waals surface area contributed by atoms with Crippen molar-refractivity contribution in [3.63, 3.8) is 0 Å². The summed E-state index contributed by atoms with van der Waals surface area (Å²) in [6, 6.07) is 7.83. The van der Waals surface area contributed by atoms with Crippen molar-refractivity contribution >= 4 is 17.6 Å². The van der Waals surface area contributed by atoms with Gasteiger partial charge in [-0.05, 0) is 31.4 Å². The zero-order chi connectivity index (χ0) is 19.2. The molecule has 1 spiro atoms. The molecule has 2 N–H and O–H groups in total. The number of hydrogen-bond acceptors (Lipinski definition) is 4. The Labute approximate surface area is 158 Å². The van der Waals surface area contributed by atoms with Crippen molar-refractivity contribution in [1.29, 1.82) is 0 Å². The molecule has 1 aromatic carbocycles. The maximum atomic E-state index is 13.1. The fraction of sp³-hybridized carbons (Fsp3) is 0.429. The predicted molar refractivity (Wildman–Crippen MR) is 101 cm³/mol. The molecule has 3 aliphatic heterocycles. The quantitative estimate of drug-likeness (QED) is 0.487. The molecule has 4 rings (SSSR count). The Morgan fingerprint density at radius 1 is 1.41 bits per heavy atom. The number of methoxy groups -OCH3 is 1. The fourth-order valence-electron chi connectivity index (χ4n) is 5.16. The second-order valence-electron chi connectivity index (χ2n) is 7.47. The minimum atomic E-state index is -0.974. The van der Waals surface area contributed by atoms with Crippen molar-refractivity contribution < 1.29 is 19.4 Å². The molecule has 6 nitrogen and oxygen atoms in total. The van der Waals surface area contributed by atoms with Gasteiger partial charge >= 0.3 is 5.97 Å². The van der Waals surface area contributed by atoms with Crippen LogP contribution in [0.3, 0.4) is 0 Å². The van der Waals surface area contributed by atoms with E-state index in [4.69, 9.17) is 4.74 Å². The molecule has 1 amide bonds. The van der Waals surface area contributed by atoms with Crippen LogP contribution in [0.5, 0.6) is 0 Å². The van der Waals surface area contributed by atoms with E-state index in [-0.39, 0.29) is 23.4 Å². The molecule has 0 radical (unpaired) electrons. The number of carboxylic acids is 1. The Bertz CT molecular complexity index is 859. The van der Waals surface area contributed by atoms with Crippen LogP contribution in [-0.4, -0.2) is 48.1 Å². The maximum absolute atomic E-state index is 13.1. The van der Waals surface area contributed by atoms with Crippen molar-refractivity contribution in [2.24, 2.45) is 5.92 Å². The molecule has 1 unspecified atom stereocenters. The van der Waals surface area contributed by atoms with Crippen molar-refractivity contribution in [2.45, 2.75) is 31.2 Å². The lowest BCUT2D eigenvalue weighted by molar-refractivity contribution is -0.133. The van der Waals surface area contributed by atoms with Gasteiger partial charge in [-0.3, -0.25) is 9.69 Å². The van der Waals surface area contributed by atoms with E-state index < -0.39 is 11.4 Å². The van der Waals surface area contributed by atoms with Gasteiger partial charge in [0.15, 0.2) is 0 Å². The largest absolute Gasteiger partial charge is 0.504 e. The van der Waals surface area contributed by atoms with E-state index >= 15 is 0 Å². The Morgan fingerprint density at radius 2 is 2.19 bits per heavy atom. The van der Waals surface area contributed by atoms with Gasteiger partial charge in [0.2, 0.25) is 5.91 Å². The number of hydrogen-bond donors (Lipinski definition) is 2. The molecule has 2 saturated heterocycles. The number of nitrogens with one attached hydrogen (secondary N) is 1. The fourth-order valence-corrected chi connectivity index (χ4v) is 5.16. The third-order valence-corrected chi connectivity index (χ3v) is 6.39. The lowest BCUT2D eigenvalue weighted by Crippen LogP contribution is -2.51. The Morgan fingerprint density at radius 3 is 2.89 bits per heavy atom. The highest BCUT2D eigenvalue weighted by Gasteiger charge is 2.59. The highest BCUT2D eigenvalue weighted by molar-refractivity contribution is 6.07. The van der Waals surface area contributed by atoms with Gasteiger partial charge in [0.25, 0.3) is 0 Å². The van der Waals surface area contributed by atoms with Crippen LogP contribution in [0.1, 0.15) is 25.3 Å². The van der Waals surface area contributed by atoms with Gasteiger partial charge in [0.1, 0.15) is 0 Å². The molecule has 3 aliphatic rings. The molecule has 0 aliphatic carbocycles. The SMILES string of the molecule is C/C=C1\CN2CCC3(C(=O)Nc4ccccc43)[C@@H]2C[C@@H]1/C(=C\OC)C(=O)O. The number of amides is 1. The molecule has 3 heterocycles. The van der Waals surface area contributed by atoms with Crippen LogP contribution < -0.4 is 5.32 Å². The predicted octanol–water partition coefficient (Wildman–Crippen LogP) is 2.53. The number of carboxylic acid groups (broad SMARTS) is 1. The van der Waals surface area contributed by atoms with Crippen LogP contribution in [0.25, 0.3) is 0 Å². The number of fused-ring (bicyclic) bond motifs is 4. The van der Waals surface area contributed by atoms with Gasteiger partial charge in [-0.15, -0.1) is 0 Å². The summed E-state index contributed by atoms with van der Waals surface area (Å²) in [7, 11) is 1.46. The van der Waals surface area contributed by atoms with Crippen molar-refractivity contribution in [3.8, 4) is 0 Å². The Balaban J connectivity index is 1.77. The molecule has 2 fully saturated rings. The number of nitrogens with zero attached hydrogens (tertiary/aromatic N) is 1. The lowest BCUT2D eigenvalue weighted by atomic mass is 9.69. The van der Waals surface area contributed by atoms with Gasteiger partial charge in [-0.1, -0.05) is 29.8 Å². The van der Waals surface area contributed by atoms with E-state index in [9.17, 15) is 14.7 Å². The first-order chi connectivity index (χ1) is 13.0. The number of anilines is 1. The summed E-state index contributed by atoms with van der Waals surface area (Å²) >= 11 is 0. The van der Waals surface area contributed by atoms with Crippen LogP contribution in [-0.2, 0) is 19.7 Å². The molecule has 142 valence electrons. The van der Waals surface area contributed by atoms with Crippen LogP contribution in [0.15, 0.2) is 47.7 Å². The average molecular weight is 368 g/mol. The minimum absolute atomic E-state index is 0.0329. The summed E-state index contributed by atoms with van der Waals surface area (Å²) in [5, 5.41) is 12.8. The van der Waals surface area contributed by atoms with E-state index in [2.05, 4.69) is 10.2 Å².